The van der Waals surface area contributed by atoms with Crippen LogP contribution in [0.15, 0.2) is 5.38 Å². The zero-order valence-corrected chi connectivity index (χ0v) is 13.4. The van der Waals surface area contributed by atoms with Crippen LogP contribution in [-0.4, -0.2) is 47.9 Å². The highest BCUT2D eigenvalue weighted by Crippen LogP contribution is 2.20. The number of aryl methyl sites for hydroxylation is 1. The molecule has 0 bridgehead atoms. The third kappa shape index (κ3) is 4.22. The molecule has 2 rings (SSSR count). The van der Waals surface area contributed by atoms with Gasteiger partial charge in [0.2, 0.25) is 0 Å². The molecule has 0 spiro atoms. The van der Waals surface area contributed by atoms with Gasteiger partial charge in [-0.25, -0.2) is 9.71 Å². The van der Waals surface area contributed by atoms with Crippen LogP contribution in [0.4, 0.5) is 0 Å². The summed E-state index contributed by atoms with van der Waals surface area (Å²) in [6, 6.07) is -0.960. The first-order valence-corrected chi connectivity index (χ1v) is 9.12. The Labute approximate surface area is 128 Å². The average Bonchev–Trinajstić information content (AvgIpc) is 2.84. The van der Waals surface area contributed by atoms with Gasteiger partial charge in [0, 0.05) is 24.9 Å². The second-order valence-electron chi connectivity index (χ2n) is 4.97. The van der Waals surface area contributed by atoms with Crippen molar-refractivity contribution in [2.75, 3.05) is 13.1 Å². The Morgan fingerprint density at radius 1 is 1.57 bits per heavy atom. The fourth-order valence-electron chi connectivity index (χ4n) is 2.35. The highest BCUT2D eigenvalue weighted by molar-refractivity contribution is 7.87. The molecule has 0 radical (unpaired) electrons. The quantitative estimate of drug-likeness (QED) is 0.801. The van der Waals surface area contributed by atoms with E-state index in [4.69, 9.17) is 5.11 Å². The minimum atomic E-state index is -3.76. The summed E-state index contributed by atoms with van der Waals surface area (Å²) in [7, 11) is -3.76. The van der Waals surface area contributed by atoms with Crippen LogP contribution in [0.25, 0.3) is 0 Å². The maximum absolute atomic E-state index is 12.2. The average molecular weight is 333 g/mol. The predicted molar refractivity (Wildman–Crippen MR) is 79.5 cm³/mol. The summed E-state index contributed by atoms with van der Waals surface area (Å²) in [5.74, 6) is -1.09. The van der Waals surface area contributed by atoms with E-state index >= 15 is 0 Å². The van der Waals surface area contributed by atoms with Gasteiger partial charge in [-0.15, -0.1) is 11.3 Å². The van der Waals surface area contributed by atoms with Crippen LogP contribution in [0.5, 0.6) is 0 Å². The molecule has 9 heteroatoms. The van der Waals surface area contributed by atoms with E-state index in [-0.39, 0.29) is 13.1 Å². The van der Waals surface area contributed by atoms with Crippen LogP contribution < -0.4 is 4.72 Å². The van der Waals surface area contributed by atoms with E-state index in [2.05, 4.69) is 9.71 Å². The second kappa shape index (κ2) is 6.82. The normalized spacial score (nSPS) is 20.5. The Kier molecular flexibility index (Phi) is 5.31. The zero-order valence-electron chi connectivity index (χ0n) is 11.8. The number of hydrogen-bond acceptors (Lipinski definition) is 5. The summed E-state index contributed by atoms with van der Waals surface area (Å²) >= 11 is 1.52. The molecule has 0 amide bonds. The number of nitrogens with zero attached hydrogens (tertiary/aromatic N) is 2. The Hall–Kier alpha value is -1.03. The highest BCUT2D eigenvalue weighted by Gasteiger charge is 2.36. The van der Waals surface area contributed by atoms with Crippen LogP contribution >= 0.6 is 11.3 Å². The maximum atomic E-state index is 12.2. The molecule has 1 aliphatic rings. The monoisotopic (exact) mass is 333 g/mol. The first kappa shape index (κ1) is 16.3. The largest absolute Gasteiger partial charge is 0.480 e. The Morgan fingerprint density at radius 3 is 2.95 bits per heavy atom. The van der Waals surface area contributed by atoms with Crippen molar-refractivity contribution >= 4 is 27.5 Å². The van der Waals surface area contributed by atoms with Gasteiger partial charge < -0.3 is 5.11 Å². The van der Waals surface area contributed by atoms with Crippen molar-refractivity contribution in [3.8, 4) is 0 Å². The zero-order chi connectivity index (χ0) is 15.5. The molecule has 0 aromatic carbocycles. The number of carboxylic acids is 1. The molecule has 0 aliphatic carbocycles. The van der Waals surface area contributed by atoms with E-state index in [0.29, 0.717) is 19.3 Å². The van der Waals surface area contributed by atoms with Crippen molar-refractivity contribution < 1.29 is 18.3 Å². The molecule has 1 saturated heterocycles. The van der Waals surface area contributed by atoms with E-state index in [9.17, 15) is 13.2 Å². The highest BCUT2D eigenvalue weighted by atomic mass is 32.2. The molecular formula is C12H19N3O4S2. The first-order chi connectivity index (χ1) is 9.90. The number of aromatic nitrogens is 1. The summed E-state index contributed by atoms with van der Waals surface area (Å²) < 4.78 is 28.0. The van der Waals surface area contributed by atoms with Gasteiger partial charge in [-0.2, -0.15) is 12.7 Å². The van der Waals surface area contributed by atoms with Gasteiger partial charge in [0.15, 0.2) is 0 Å². The SMILES string of the molecule is Cc1nc(CCNS(=O)(=O)N2CCCCC2C(=O)O)cs1. The lowest BCUT2D eigenvalue weighted by Gasteiger charge is -2.31. The van der Waals surface area contributed by atoms with Crippen LogP contribution in [0, 0.1) is 6.92 Å². The molecule has 1 aromatic rings. The fourth-order valence-corrected chi connectivity index (χ4v) is 4.43. The topological polar surface area (TPSA) is 99.6 Å². The van der Waals surface area contributed by atoms with E-state index < -0.39 is 22.2 Å². The summed E-state index contributed by atoms with van der Waals surface area (Å²) in [6.07, 6.45) is 2.29. The van der Waals surface area contributed by atoms with Gasteiger partial charge in [0.05, 0.1) is 10.7 Å². The lowest BCUT2D eigenvalue weighted by atomic mass is 10.1. The van der Waals surface area contributed by atoms with E-state index in [0.717, 1.165) is 21.4 Å². The third-order valence-corrected chi connectivity index (χ3v) is 5.83. The number of piperidine rings is 1. The molecule has 7 nitrogen and oxygen atoms in total. The molecule has 1 aliphatic heterocycles. The van der Waals surface area contributed by atoms with Gasteiger partial charge in [0.25, 0.3) is 10.2 Å². The van der Waals surface area contributed by atoms with Gasteiger partial charge in [-0.1, -0.05) is 0 Å². The number of thiazole rings is 1. The fraction of sp³-hybridized carbons (Fsp3) is 0.667. The maximum Gasteiger partial charge on any atom is 0.322 e. The summed E-state index contributed by atoms with van der Waals surface area (Å²) in [5.41, 5.74) is 0.841. The molecule has 21 heavy (non-hydrogen) atoms. The molecular weight excluding hydrogens is 314 g/mol. The Bertz CT molecular complexity index is 599. The third-order valence-electron chi connectivity index (χ3n) is 3.38. The van der Waals surface area contributed by atoms with Gasteiger partial charge in [-0.3, -0.25) is 4.79 Å². The standard InChI is InChI=1S/C12H19N3O4S2/c1-9-14-10(8-20-9)5-6-13-21(18,19)15-7-3-2-4-11(15)12(16)17/h8,11,13H,2-7H2,1H3,(H,16,17). The molecule has 1 unspecified atom stereocenters. The minimum Gasteiger partial charge on any atom is -0.480 e. The van der Waals surface area contributed by atoms with Gasteiger partial charge in [0.1, 0.15) is 6.04 Å². The lowest BCUT2D eigenvalue weighted by Crippen LogP contribution is -2.52. The number of rotatable bonds is 6. The smallest absolute Gasteiger partial charge is 0.322 e. The summed E-state index contributed by atoms with van der Waals surface area (Å²) in [6.45, 7) is 2.36. The van der Waals surface area contributed by atoms with Crippen molar-refractivity contribution in [2.24, 2.45) is 0 Å². The van der Waals surface area contributed by atoms with Gasteiger partial charge >= 0.3 is 5.97 Å². The van der Waals surface area contributed by atoms with Crippen LogP contribution in [0.3, 0.4) is 0 Å². The first-order valence-electron chi connectivity index (χ1n) is 6.80. The molecule has 1 atom stereocenters. The van der Waals surface area contributed by atoms with E-state index in [1.54, 1.807) is 0 Å². The summed E-state index contributed by atoms with van der Waals surface area (Å²) in [4.78, 5) is 15.4. The lowest BCUT2D eigenvalue weighted by molar-refractivity contribution is -0.142. The van der Waals surface area contributed by atoms with Crippen molar-refractivity contribution in [1.82, 2.24) is 14.0 Å². The van der Waals surface area contributed by atoms with Crippen molar-refractivity contribution in [3.63, 3.8) is 0 Å². The van der Waals surface area contributed by atoms with Crippen molar-refractivity contribution in [1.29, 1.82) is 0 Å². The van der Waals surface area contributed by atoms with Gasteiger partial charge in [-0.05, 0) is 26.2 Å². The molecule has 1 aromatic heterocycles. The minimum absolute atomic E-state index is 0.217. The van der Waals surface area contributed by atoms with Crippen LogP contribution in [-0.2, 0) is 21.4 Å². The molecule has 118 valence electrons. The molecule has 1 fully saturated rings. The van der Waals surface area contributed by atoms with E-state index in [1.807, 2.05) is 12.3 Å². The molecule has 2 heterocycles. The second-order valence-corrected chi connectivity index (χ2v) is 7.74. The molecule has 2 N–H and O–H groups in total. The summed E-state index contributed by atoms with van der Waals surface area (Å²) in [5, 5.41) is 12.0. The van der Waals surface area contributed by atoms with Crippen LogP contribution in [0.2, 0.25) is 0 Å². The Balaban J connectivity index is 1.95. The Morgan fingerprint density at radius 2 is 2.33 bits per heavy atom. The number of carbonyl (C=O) groups is 1. The number of carboxylic acid groups (broad SMARTS) is 1. The molecule has 0 saturated carbocycles. The number of aliphatic carboxylic acids is 1. The van der Waals surface area contributed by atoms with E-state index in [1.165, 1.54) is 11.3 Å². The predicted octanol–water partition coefficient (Wildman–Crippen LogP) is 0.768. The number of nitrogens with one attached hydrogen (secondary N) is 1. The number of hydrogen-bond donors (Lipinski definition) is 2. The van der Waals surface area contributed by atoms with Crippen LogP contribution in [0.1, 0.15) is 30.0 Å². The van der Waals surface area contributed by atoms with Crippen molar-refractivity contribution in [3.05, 3.63) is 16.1 Å². The van der Waals surface area contributed by atoms with Crippen molar-refractivity contribution in [2.45, 2.75) is 38.6 Å².